The van der Waals surface area contributed by atoms with Crippen molar-refractivity contribution in [1.29, 1.82) is 0 Å². The number of amides is 1. The summed E-state index contributed by atoms with van der Waals surface area (Å²) in [6, 6.07) is 0.427. The number of aromatic nitrogens is 1. The Hall–Kier alpha value is -1.34. The van der Waals surface area contributed by atoms with Crippen molar-refractivity contribution in [1.82, 2.24) is 9.88 Å². The van der Waals surface area contributed by atoms with Gasteiger partial charge in [-0.15, -0.1) is 0 Å². The zero-order chi connectivity index (χ0) is 15.6. The third-order valence-corrected chi connectivity index (χ3v) is 4.99. The Kier molecular flexibility index (Phi) is 5.05. The summed E-state index contributed by atoms with van der Waals surface area (Å²) in [4.78, 5) is 21.5. The van der Waals surface area contributed by atoms with E-state index >= 15 is 0 Å². The lowest BCUT2D eigenvalue weighted by Crippen LogP contribution is -2.39. The van der Waals surface area contributed by atoms with Gasteiger partial charge in [0, 0.05) is 31.7 Å². The standard InChI is InChI=1S/C14H25N5OS/c1-4-19(9(2)3)13(20)11-12(16)17-14(21-11)18-7-5-10(15)6-8-18/h9-10H,4-8,15-16H2,1-3H3. The second-order valence-electron chi connectivity index (χ2n) is 5.72. The Balaban J connectivity index is 2.17. The lowest BCUT2D eigenvalue weighted by atomic mass is 10.1. The predicted octanol–water partition coefficient (Wildman–Crippen LogP) is 1.52. The highest BCUT2D eigenvalue weighted by Gasteiger charge is 2.26. The highest BCUT2D eigenvalue weighted by molar-refractivity contribution is 7.18. The van der Waals surface area contributed by atoms with Crippen LogP contribution in [-0.4, -0.2) is 47.5 Å². The Bertz CT molecular complexity index is 494. The van der Waals surface area contributed by atoms with Gasteiger partial charge in [-0.1, -0.05) is 11.3 Å². The van der Waals surface area contributed by atoms with Crippen LogP contribution in [0.25, 0.3) is 0 Å². The van der Waals surface area contributed by atoms with Crippen LogP contribution in [0.15, 0.2) is 0 Å². The summed E-state index contributed by atoms with van der Waals surface area (Å²) >= 11 is 1.39. The summed E-state index contributed by atoms with van der Waals surface area (Å²) in [5, 5.41) is 0.836. The molecule has 2 heterocycles. The van der Waals surface area contributed by atoms with Gasteiger partial charge in [0.15, 0.2) is 5.13 Å². The highest BCUT2D eigenvalue weighted by atomic mass is 32.1. The number of nitrogen functional groups attached to an aromatic ring is 1. The quantitative estimate of drug-likeness (QED) is 0.880. The number of hydrogen-bond donors (Lipinski definition) is 2. The second kappa shape index (κ2) is 6.62. The van der Waals surface area contributed by atoms with Crippen LogP contribution in [0.3, 0.4) is 0 Å². The number of piperidine rings is 1. The Morgan fingerprint density at radius 1 is 1.48 bits per heavy atom. The molecule has 0 aromatic carbocycles. The average Bonchev–Trinajstić information content (AvgIpc) is 2.82. The number of thiazole rings is 1. The van der Waals surface area contributed by atoms with Gasteiger partial charge in [0.25, 0.3) is 5.91 Å². The molecule has 0 aliphatic carbocycles. The molecule has 0 saturated carbocycles. The molecule has 6 nitrogen and oxygen atoms in total. The minimum absolute atomic E-state index is 0.0255. The summed E-state index contributed by atoms with van der Waals surface area (Å²) in [6.07, 6.45) is 1.91. The lowest BCUT2D eigenvalue weighted by molar-refractivity contribution is 0.0722. The van der Waals surface area contributed by atoms with E-state index in [4.69, 9.17) is 11.5 Å². The van der Waals surface area contributed by atoms with E-state index in [9.17, 15) is 4.79 Å². The molecule has 0 atom stereocenters. The van der Waals surface area contributed by atoms with Crippen LogP contribution in [0.2, 0.25) is 0 Å². The maximum absolute atomic E-state index is 12.6. The molecule has 4 N–H and O–H groups in total. The molecular formula is C14H25N5OS. The topological polar surface area (TPSA) is 88.5 Å². The number of rotatable bonds is 4. The van der Waals surface area contributed by atoms with Gasteiger partial charge in [0.1, 0.15) is 10.7 Å². The molecule has 0 spiro atoms. The van der Waals surface area contributed by atoms with Crippen LogP contribution in [0, 0.1) is 0 Å². The SMILES string of the molecule is CCN(C(=O)c1sc(N2CCC(N)CC2)nc1N)C(C)C. The van der Waals surface area contributed by atoms with Gasteiger partial charge >= 0.3 is 0 Å². The number of hydrogen-bond acceptors (Lipinski definition) is 6. The van der Waals surface area contributed by atoms with Crippen LogP contribution in [0.4, 0.5) is 10.9 Å². The first-order valence-electron chi connectivity index (χ1n) is 7.51. The highest BCUT2D eigenvalue weighted by Crippen LogP contribution is 2.31. The Morgan fingerprint density at radius 3 is 2.62 bits per heavy atom. The van der Waals surface area contributed by atoms with Crippen LogP contribution in [0.1, 0.15) is 43.3 Å². The van der Waals surface area contributed by atoms with Crippen LogP contribution < -0.4 is 16.4 Å². The molecule has 0 radical (unpaired) electrons. The minimum Gasteiger partial charge on any atom is -0.382 e. The molecule has 1 aliphatic rings. The Morgan fingerprint density at radius 2 is 2.10 bits per heavy atom. The molecule has 7 heteroatoms. The maximum atomic E-state index is 12.6. The fraction of sp³-hybridized carbons (Fsp3) is 0.714. The largest absolute Gasteiger partial charge is 0.382 e. The van der Waals surface area contributed by atoms with Gasteiger partial charge < -0.3 is 21.3 Å². The van der Waals surface area contributed by atoms with Crippen LogP contribution in [-0.2, 0) is 0 Å². The fourth-order valence-corrected chi connectivity index (χ4v) is 3.57. The molecule has 1 aromatic rings. The molecule has 0 bridgehead atoms. The number of anilines is 2. The zero-order valence-corrected chi connectivity index (χ0v) is 13.8. The van der Waals surface area contributed by atoms with Crippen molar-refractivity contribution in [2.24, 2.45) is 5.73 Å². The first-order chi connectivity index (χ1) is 9.93. The van der Waals surface area contributed by atoms with Crippen LogP contribution in [0.5, 0.6) is 0 Å². The number of nitrogens with two attached hydrogens (primary N) is 2. The third-order valence-electron chi connectivity index (χ3n) is 3.87. The van der Waals surface area contributed by atoms with Crippen molar-refractivity contribution in [2.75, 3.05) is 30.3 Å². The summed E-state index contributed by atoms with van der Waals surface area (Å²) < 4.78 is 0. The molecule has 21 heavy (non-hydrogen) atoms. The molecule has 0 unspecified atom stereocenters. The molecule has 1 fully saturated rings. The number of carbonyl (C=O) groups excluding carboxylic acids is 1. The molecule has 2 rings (SSSR count). The molecule has 1 saturated heterocycles. The summed E-state index contributed by atoms with van der Waals surface area (Å²) in [5.74, 6) is 0.316. The first-order valence-corrected chi connectivity index (χ1v) is 8.33. The van der Waals surface area contributed by atoms with E-state index in [1.54, 1.807) is 4.90 Å². The van der Waals surface area contributed by atoms with E-state index in [2.05, 4.69) is 9.88 Å². The van der Waals surface area contributed by atoms with Gasteiger partial charge in [-0.05, 0) is 33.6 Å². The molecule has 118 valence electrons. The molecule has 1 aliphatic heterocycles. The average molecular weight is 311 g/mol. The van der Waals surface area contributed by atoms with Crippen molar-refractivity contribution in [3.05, 3.63) is 4.88 Å². The number of nitrogens with zero attached hydrogens (tertiary/aromatic N) is 3. The van der Waals surface area contributed by atoms with Crippen LogP contribution >= 0.6 is 11.3 Å². The van der Waals surface area contributed by atoms with E-state index in [1.807, 2.05) is 20.8 Å². The summed E-state index contributed by atoms with van der Waals surface area (Å²) in [5.41, 5.74) is 11.9. The molecule has 1 aromatic heterocycles. The third kappa shape index (κ3) is 3.47. The van der Waals surface area contributed by atoms with E-state index < -0.39 is 0 Å². The van der Waals surface area contributed by atoms with Crippen molar-refractivity contribution >= 4 is 28.2 Å². The van der Waals surface area contributed by atoms with Gasteiger partial charge in [-0.3, -0.25) is 4.79 Å². The predicted molar refractivity (Wildman–Crippen MR) is 87.8 cm³/mol. The van der Waals surface area contributed by atoms with Crippen molar-refractivity contribution in [3.63, 3.8) is 0 Å². The van der Waals surface area contributed by atoms with Crippen molar-refractivity contribution < 1.29 is 4.79 Å². The summed E-state index contributed by atoms with van der Waals surface area (Å²) in [6.45, 7) is 8.41. The Labute approximate surface area is 130 Å². The first kappa shape index (κ1) is 16.0. The second-order valence-corrected chi connectivity index (χ2v) is 6.70. The van der Waals surface area contributed by atoms with Gasteiger partial charge in [0.2, 0.25) is 0 Å². The van der Waals surface area contributed by atoms with E-state index in [0.29, 0.717) is 17.2 Å². The summed E-state index contributed by atoms with van der Waals surface area (Å²) in [7, 11) is 0. The molecular weight excluding hydrogens is 286 g/mol. The van der Waals surface area contributed by atoms with Gasteiger partial charge in [0.05, 0.1) is 0 Å². The van der Waals surface area contributed by atoms with Gasteiger partial charge in [-0.2, -0.15) is 0 Å². The monoisotopic (exact) mass is 311 g/mol. The van der Waals surface area contributed by atoms with E-state index in [1.165, 1.54) is 11.3 Å². The minimum atomic E-state index is -0.0255. The molecule has 1 amide bonds. The van der Waals surface area contributed by atoms with E-state index in [0.717, 1.165) is 31.1 Å². The maximum Gasteiger partial charge on any atom is 0.268 e. The van der Waals surface area contributed by atoms with Crippen molar-refractivity contribution in [2.45, 2.75) is 45.7 Å². The fourth-order valence-electron chi connectivity index (χ4n) is 2.57. The smallest absolute Gasteiger partial charge is 0.268 e. The normalized spacial score (nSPS) is 16.5. The van der Waals surface area contributed by atoms with Gasteiger partial charge in [-0.25, -0.2) is 4.98 Å². The lowest BCUT2D eigenvalue weighted by Gasteiger charge is -2.29. The zero-order valence-electron chi connectivity index (χ0n) is 13.0. The van der Waals surface area contributed by atoms with Crippen molar-refractivity contribution in [3.8, 4) is 0 Å². The van der Waals surface area contributed by atoms with E-state index in [-0.39, 0.29) is 18.0 Å². The number of carbonyl (C=O) groups is 1.